The minimum atomic E-state index is -3.67. The Morgan fingerprint density at radius 1 is 0.968 bits per heavy atom. The van der Waals surface area contributed by atoms with Gasteiger partial charge in [0.2, 0.25) is 0 Å². The van der Waals surface area contributed by atoms with Crippen molar-refractivity contribution in [1.29, 1.82) is 0 Å². The summed E-state index contributed by atoms with van der Waals surface area (Å²) in [6.45, 7) is 0.310. The number of amides is 2. The quantitative estimate of drug-likeness (QED) is 0.495. The minimum absolute atomic E-state index is 0.168. The first-order valence-electron chi connectivity index (χ1n) is 9.48. The lowest BCUT2D eigenvalue weighted by Gasteiger charge is -2.16. The van der Waals surface area contributed by atoms with Crippen molar-refractivity contribution >= 4 is 23.1 Å². The standard InChI is InChI=1S/C23H18F2N4O2/c24-23(25,18-4-2-1-3-5-18)22(31)28-19-8-6-17(7-9-19)21(30)27-15-16-10-12-29-13-11-26-20(29)14-16/h1-14H,15H2,(H,27,30)(H,28,31). The number of imidazole rings is 1. The van der Waals surface area contributed by atoms with E-state index in [0.717, 1.165) is 11.2 Å². The molecule has 4 aromatic rings. The monoisotopic (exact) mass is 420 g/mol. The van der Waals surface area contributed by atoms with E-state index in [-0.39, 0.29) is 11.6 Å². The van der Waals surface area contributed by atoms with Crippen LogP contribution >= 0.6 is 0 Å². The number of carbonyl (C=O) groups is 2. The lowest BCUT2D eigenvalue weighted by Crippen LogP contribution is -2.32. The van der Waals surface area contributed by atoms with Gasteiger partial charge in [-0.15, -0.1) is 0 Å². The normalized spacial score (nSPS) is 11.3. The molecule has 0 aliphatic rings. The van der Waals surface area contributed by atoms with Crippen LogP contribution in [0.3, 0.4) is 0 Å². The first-order valence-corrected chi connectivity index (χ1v) is 9.48. The van der Waals surface area contributed by atoms with E-state index in [0.29, 0.717) is 12.1 Å². The van der Waals surface area contributed by atoms with Crippen LogP contribution in [0.5, 0.6) is 0 Å². The summed E-state index contributed by atoms with van der Waals surface area (Å²) in [6.07, 6.45) is 5.37. The summed E-state index contributed by atoms with van der Waals surface area (Å²) in [6, 6.07) is 16.3. The van der Waals surface area contributed by atoms with E-state index in [1.807, 2.05) is 28.9 Å². The van der Waals surface area contributed by atoms with Gasteiger partial charge in [0, 0.05) is 41.9 Å². The highest BCUT2D eigenvalue weighted by Gasteiger charge is 2.40. The summed E-state index contributed by atoms with van der Waals surface area (Å²) in [5.41, 5.74) is 1.78. The molecule has 31 heavy (non-hydrogen) atoms. The van der Waals surface area contributed by atoms with Gasteiger partial charge in [0.05, 0.1) is 0 Å². The van der Waals surface area contributed by atoms with Crippen LogP contribution in [0.25, 0.3) is 5.65 Å². The molecule has 2 N–H and O–H groups in total. The first kappa shape index (κ1) is 20.2. The Labute approximate surface area is 176 Å². The molecular weight excluding hydrogens is 402 g/mol. The fourth-order valence-corrected chi connectivity index (χ4v) is 3.04. The number of rotatable bonds is 6. The Morgan fingerprint density at radius 3 is 2.45 bits per heavy atom. The number of pyridine rings is 1. The van der Waals surface area contributed by atoms with Crippen LogP contribution in [-0.4, -0.2) is 21.2 Å². The average molecular weight is 420 g/mol. The number of aromatic nitrogens is 2. The van der Waals surface area contributed by atoms with E-state index in [1.165, 1.54) is 48.5 Å². The maximum absolute atomic E-state index is 14.3. The summed E-state index contributed by atoms with van der Waals surface area (Å²) in [5.74, 6) is -5.44. The Kier molecular flexibility index (Phi) is 5.44. The van der Waals surface area contributed by atoms with E-state index in [9.17, 15) is 18.4 Å². The number of halogens is 2. The average Bonchev–Trinajstić information content (AvgIpc) is 3.26. The fourth-order valence-electron chi connectivity index (χ4n) is 3.04. The number of hydrogen-bond acceptors (Lipinski definition) is 3. The summed E-state index contributed by atoms with van der Waals surface area (Å²) in [4.78, 5) is 28.6. The molecule has 6 nitrogen and oxygen atoms in total. The second kappa shape index (κ2) is 8.35. The molecule has 0 bridgehead atoms. The lowest BCUT2D eigenvalue weighted by atomic mass is 10.1. The Morgan fingerprint density at radius 2 is 1.71 bits per heavy atom. The number of anilines is 1. The molecule has 156 valence electrons. The van der Waals surface area contributed by atoms with E-state index >= 15 is 0 Å². The third-order valence-electron chi connectivity index (χ3n) is 4.74. The van der Waals surface area contributed by atoms with Crippen molar-refractivity contribution in [3.05, 3.63) is 102 Å². The highest BCUT2D eigenvalue weighted by atomic mass is 19.3. The maximum atomic E-state index is 14.3. The molecule has 0 spiro atoms. The number of hydrogen-bond donors (Lipinski definition) is 2. The van der Waals surface area contributed by atoms with Crippen LogP contribution < -0.4 is 10.6 Å². The van der Waals surface area contributed by atoms with Gasteiger partial charge in [-0.2, -0.15) is 8.78 Å². The molecule has 2 aromatic carbocycles. The second-order valence-electron chi connectivity index (χ2n) is 6.88. The van der Waals surface area contributed by atoms with Gasteiger partial charge in [-0.25, -0.2) is 4.98 Å². The van der Waals surface area contributed by atoms with Crippen LogP contribution in [-0.2, 0) is 17.3 Å². The van der Waals surface area contributed by atoms with E-state index in [4.69, 9.17) is 0 Å². The lowest BCUT2D eigenvalue weighted by molar-refractivity contribution is -0.140. The Hall–Kier alpha value is -4.07. The molecule has 4 rings (SSSR count). The first-order chi connectivity index (χ1) is 14.9. The van der Waals surface area contributed by atoms with Crippen molar-refractivity contribution in [2.24, 2.45) is 0 Å². The highest BCUT2D eigenvalue weighted by Crippen LogP contribution is 2.29. The van der Waals surface area contributed by atoms with Gasteiger partial charge in [0.25, 0.3) is 11.8 Å². The molecule has 2 aromatic heterocycles. The number of nitrogens with one attached hydrogen (secondary N) is 2. The summed E-state index contributed by atoms with van der Waals surface area (Å²) in [7, 11) is 0. The van der Waals surface area contributed by atoms with Crippen molar-refractivity contribution in [2.75, 3.05) is 5.32 Å². The minimum Gasteiger partial charge on any atom is -0.348 e. The molecule has 0 saturated carbocycles. The van der Waals surface area contributed by atoms with Gasteiger partial charge in [-0.05, 0) is 42.0 Å². The van der Waals surface area contributed by atoms with Crippen molar-refractivity contribution in [2.45, 2.75) is 12.5 Å². The third-order valence-corrected chi connectivity index (χ3v) is 4.74. The smallest absolute Gasteiger partial charge is 0.348 e. The number of benzene rings is 2. The molecule has 0 radical (unpaired) electrons. The van der Waals surface area contributed by atoms with Crippen molar-refractivity contribution < 1.29 is 18.4 Å². The van der Waals surface area contributed by atoms with E-state index in [1.54, 1.807) is 12.3 Å². The zero-order valence-electron chi connectivity index (χ0n) is 16.3. The number of carbonyl (C=O) groups excluding carboxylic acids is 2. The van der Waals surface area contributed by atoms with Crippen LogP contribution in [0.1, 0.15) is 21.5 Å². The molecule has 0 atom stereocenters. The molecule has 8 heteroatoms. The molecule has 0 unspecified atom stereocenters. The van der Waals surface area contributed by atoms with Gasteiger partial charge in [-0.1, -0.05) is 30.3 Å². The second-order valence-corrected chi connectivity index (χ2v) is 6.88. The fraction of sp³-hybridized carbons (Fsp3) is 0.0870. The topological polar surface area (TPSA) is 75.5 Å². The maximum Gasteiger partial charge on any atom is 0.350 e. The number of nitrogens with zero attached hydrogens (tertiary/aromatic N) is 2. The summed E-state index contributed by atoms with van der Waals surface area (Å²) < 4.78 is 30.5. The molecule has 2 amide bonds. The van der Waals surface area contributed by atoms with Crippen LogP contribution in [0.15, 0.2) is 85.3 Å². The van der Waals surface area contributed by atoms with Gasteiger partial charge in [0.1, 0.15) is 5.65 Å². The predicted octanol–water partition coefficient (Wildman–Crippen LogP) is 3.99. The largest absolute Gasteiger partial charge is 0.350 e. The zero-order chi connectivity index (χ0) is 21.8. The van der Waals surface area contributed by atoms with E-state index in [2.05, 4.69) is 15.6 Å². The Bertz CT molecular complexity index is 1220. The van der Waals surface area contributed by atoms with Gasteiger partial charge in [0.15, 0.2) is 0 Å². The summed E-state index contributed by atoms with van der Waals surface area (Å²) >= 11 is 0. The number of fused-ring (bicyclic) bond motifs is 1. The SMILES string of the molecule is O=C(NCc1ccn2ccnc2c1)c1ccc(NC(=O)C(F)(F)c2ccccc2)cc1. The van der Waals surface area contributed by atoms with Crippen LogP contribution in [0.4, 0.5) is 14.5 Å². The summed E-state index contributed by atoms with van der Waals surface area (Å²) in [5, 5.41) is 4.98. The van der Waals surface area contributed by atoms with Crippen LogP contribution in [0, 0.1) is 0 Å². The number of alkyl halides is 2. The van der Waals surface area contributed by atoms with E-state index < -0.39 is 17.4 Å². The van der Waals surface area contributed by atoms with Crippen LogP contribution in [0.2, 0.25) is 0 Å². The highest BCUT2D eigenvalue weighted by molar-refractivity contribution is 5.98. The molecule has 0 saturated heterocycles. The van der Waals surface area contributed by atoms with Crippen molar-refractivity contribution in [1.82, 2.24) is 14.7 Å². The molecular formula is C23H18F2N4O2. The van der Waals surface area contributed by atoms with Crippen molar-refractivity contribution in [3.8, 4) is 0 Å². The van der Waals surface area contributed by atoms with Gasteiger partial charge < -0.3 is 15.0 Å². The molecule has 0 aliphatic heterocycles. The van der Waals surface area contributed by atoms with Gasteiger partial charge in [-0.3, -0.25) is 9.59 Å². The molecule has 0 aliphatic carbocycles. The predicted molar refractivity (Wildman–Crippen MR) is 112 cm³/mol. The zero-order valence-corrected chi connectivity index (χ0v) is 16.3. The molecule has 0 fully saturated rings. The van der Waals surface area contributed by atoms with Crippen molar-refractivity contribution in [3.63, 3.8) is 0 Å². The Balaban J connectivity index is 1.37. The third kappa shape index (κ3) is 4.42. The molecule has 2 heterocycles. The van der Waals surface area contributed by atoms with Gasteiger partial charge >= 0.3 is 5.92 Å².